The fourth-order valence-corrected chi connectivity index (χ4v) is 3.52. The summed E-state index contributed by atoms with van der Waals surface area (Å²) in [5, 5.41) is 12.4. The van der Waals surface area contributed by atoms with Crippen LogP contribution in [0.3, 0.4) is 0 Å². The number of pyridine rings is 1. The maximum absolute atomic E-state index is 14.4. The molecule has 34 heavy (non-hydrogen) atoms. The number of thiophene rings is 1. The number of methoxy groups -OCH3 is 2. The van der Waals surface area contributed by atoms with Crippen LogP contribution in [0.2, 0.25) is 0 Å². The summed E-state index contributed by atoms with van der Waals surface area (Å²) in [4.78, 5) is 13.9. The SMILES string of the molecule is COc1csc(CNC(C)c2ccc(Oc3cccnc3)c(F)c2)c1OC.O=C(O)C(F)(F)F. The van der Waals surface area contributed by atoms with Crippen LogP contribution in [0.15, 0.2) is 48.1 Å². The van der Waals surface area contributed by atoms with Crippen molar-refractivity contribution in [3.05, 3.63) is 64.4 Å². The van der Waals surface area contributed by atoms with Gasteiger partial charge in [0.1, 0.15) is 5.75 Å². The van der Waals surface area contributed by atoms with Crippen LogP contribution in [0.25, 0.3) is 0 Å². The normalized spacial score (nSPS) is 11.7. The molecule has 0 spiro atoms. The van der Waals surface area contributed by atoms with Crippen molar-refractivity contribution in [1.29, 1.82) is 0 Å². The van der Waals surface area contributed by atoms with Gasteiger partial charge in [-0.1, -0.05) is 6.07 Å². The Kier molecular flexibility index (Phi) is 9.63. The van der Waals surface area contributed by atoms with Gasteiger partial charge in [-0.3, -0.25) is 4.98 Å². The lowest BCUT2D eigenvalue weighted by atomic mass is 10.1. The molecule has 0 radical (unpaired) electrons. The summed E-state index contributed by atoms with van der Waals surface area (Å²) < 4.78 is 62.4. The molecule has 0 aliphatic carbocycles. The first kappa shape index (κ1) is 26.9. The van der Waals surface area contributed by atoms with Crippen molar-refractivity contribution in [2.24, 2.45) is 0 Å². The van der Waals surface area contributed by atoms with E-state index < -0.39 is 18.0 Å². The Labute approximate surface area is 196 Å². The first-order chi connectivity index (χ1) is 16.1. The number of benzene rings is 1. The summed E-state index contributed by atoms with van der Waals surface area (Å²) in [7, 11) is 3.23. The topological polar surface area (TPSA) is 89.9 Å². The first-order valence-electron chi connectivity index (χ1n) is 9.66. The summed E-state index contributed by atoms with van der Waals surface area (Å²) in [5.41, 5.74) is 0.827. The van der Waals surface area contributed by atoms with Crippen molar-refractivity contribution in [2.45, 2.75) is 25.7 Å². The molecule has 2 aromatic heterocycles. The second kappa shape index (κ2) is 12.2. The lowest BCUT2D eigenvalue weighted by molar-refractivity contribution is -0.192. The Morgan fingerprint density at radius 1 is 1.21 bits per heavy atom. The third-order valence-electron chi connectivity index (χ3n) is 4.34. The molecular weight excluding hydrogens is 480 g/mol. The zero-order valence-corrected chi connectivity index (χ0v) is 19.2. The molecule has 12 heteroatoms. The number of rotatable bonds is 8. The van der Waals surface area contributed by atoms with Crippen molar-refractivity contribution in [3.63, 3.8) is 0 Å². The number of carbonyl (C=O) groups is 1. The number of carboxylic acid groups (broad SMARTS) is 1. The van der Waals surface area contributed by atoms with Crippen molar-refractivity contribution in [2.75, 3.05) is 14.2 Å². The van der Waals surface area contributed by atoms with Gasteiger partial charge in [-0.05, 0) is 36.8 Å². The molecule has 0 bridgehead atoms. The van der Waals surface area contributed by atoms with Crippen LogP contribution in [0.1, 0.15) is 23.4 Å². The van der Waals surface area contributed by atoms with Crippen LogP contribution in [-0.4, -0.2) is 36.5 Å². The third kappa shape index (κ3) is 7.59. The number of alkyl halides is 3. The van der Waals surface area contributed by atoms with Crippen LogP contribution in [0, 0.1) is 5.82 Å². The molecule has 0 aliphatic rings. The summed E-state index contributed by atoms with van der Waals surface area (Å²) in [6, 6.07) is 8.37. The predicted octanol–water partition coefficient (Wildman–Crippen LogP) is 5.58. The number of hydrogen-bond acceptors (Lipinski definition) is 7. The predicted molar refractivity (Wildman–Crippen MR) is 117 cm³/mol. The molecule has 3 aromatic rings. The zero-order valence-electron chi connectivity index (χ0n) is 18.4. The van der Waals surface area contributed by atoms with Gasteiger partial charge in [0, 0.05) is 24.2 Å². The Balaban J connectivity index is 0.000000509. The summed E-state index contributed by atoms with van der Waals surface area (Å²) >= 11 is 1.56. The third-order valence-corrected chi connectivity index (χ3v) is 5.28. The van der Waals surface area contributed by atoms with Crippen molar-refractivity contribution < 1.29 is 41.7 Å². The largest absolute Gasteiger partial charge is 0.492 e. The fourth-order valence-electron chi connectivity index (χ4n) is 2.61. The van der Waals surface area contributed by atoms with E-state index in [0.717, 1.165) is 21.9 Å². The fraction of sp³-hybridized carbons (Fsp3) is 0.273. The number of ether oxygens (including phenoxy) is 3. The minimum absolute atomic E-state index is 0.0512. The minimum atomic E-state index is -5.08. The van der Waals surface area contributed by atoms with E-state index in [-0.39, 0.29) is 11.8 Å². The van der Waals surface area contributed by atoms with E-state index in [4.69, 9.17) is 24.1 Å². The molecule has 2 N–H and O–H groups in total. The summed E-state index contributed by atoms with van der Waals surface area (Å²) in [5.74, 6) is -1.06. The molecule has 3 rings (SSSR count). The van der Waals surface area contributed by atoms with E-state index in [1.54, 1.807) is 56.1 Å². The molecule has 0 fully saturated rings. The molecule has 0 aliphatic heterocycles. The summed E-state index contributed by atoms with van der Waals surface area (Å²) in [6.45, 7) is 2.57. The second-order valence-electron chi connectivity index (χ2n) is 6.65. The number of halogens is 4. The Bertz CT molecular complexity index is 1080. The van der Waals surface area contributed by atoms with Gasteiger partial charge in [-0.15, -0.1) is 11.3 Å². The van der Waals surface area contributed by atoms with Gasteiger partial charge in [-0.2, -0.15) is 13.2 Å². The van der Waals surface area contributed by atoms with Gasteiger partial charge in [-0.25, -0.2) is 9.18 Å². The van der Waals surface area contributed by atoms with Crippen LogP contribution < -0.4 is 19.5 Å². The van der Waals surface area contributed by atoms with Crippen molar-refractivity contribution in [3.8, 4) is 23.0 Å². The quantitative estimate of drug-likeness (QED) is 0.389. The van der Waals surface area contributed by atoms with Crippen LogP contribution in [0.4, 0.5) is 17.6 Å². The van der Waals surface area contributed by atoms with E-state index in [0.29, 0.717) is 12.3 Å². The molecule has 1 unspecified atom stereocenters. The van der Waals surface area contributed by atoms with Crippen molar-refractivity contribution in [1.82, 2.24) is 10.3 Å². The van der Waals surface area contributed by atoms with Crippen LogP contribution >= 0.6 is 11.3 Å². The highest BCUT2D eigenvalue weighted by molar-refractivity contribution is 7.10. The number of aromatic nitrogens is 1. The Morgan fingerprint density at radius 2 is 1.91 bits per heavy atom. The van der Waals surface area contributed by atoms with E-state index in [9.17, 15) is 17.6 Å². The number of nitrogens with one attached hydrogen (secondary N) is 1. The molecule has 0 amide bonds. The Morgan fingerprint density at radius 3 is 2.44 bits per heavy atom. The zero-order chi connectivity index (χ0) is 25.3. The van der Waals surface area contributed by atoms with E-state index in [2.05, 4.69) is 10.3 Å². The van der Waals surface area contributed by atoms with Gasteiger partial charge < -0.3 is 24.6 Å². The second-order valence-corrected chi connectivity index (χ2v) is 7.61. The highest BCUT2D eigenvalue weighted by Crippen LogP contribution is 2.37. The highest BCUT2D eigenvalue weighted by Gasteiger charge is 2.38. The van der Waals surface area contributed by atoms with Gasteiger partial charge in [0.15, 0.2) is 23.1 Å². The van der Waals surface area contributed by atoms with Gasteiger partial charge in [0.05, 0.1) is 25.3 Å². The molecule has 184 valence electrons. The van der Waals surface area contributed by atoms with E-state index in [1.165, 1.54) is 6.07 Å². The van der Waals surface area contributed by atoms with E-state index >= 15 is 0 Å². The first-order valence-corrected chi connectivity index (χ1v) is 10.5. The maximum Gasteiger partial charge on any atom is 0.490 e. The average Bonchev–Trinajstić information content (AvgIpc) is 3.21. The molecule has 0 saturated carbocycles. The monoisotopic (exact) mass is 502 g/mol. The number of carboxylic acids is 1. The number of hydrogen-bond donors (Lipinski definition) is 2. The molecule has 1 aromatic carbocycles. The van der Waals surface area contributed by atoms with E-state index in [1.807, 2.05) is 18.4 Å². The minimum Gasteiger partial charge on any atom is -0.492 e. The van der Waals surface area contributed by atoms with Gasteiger partial charge in [0.25, 0.3) is 0 Å². The van der Waals surface area contributed by atoms with Crippen LogP contribution in [0.5, 0.6) is 23.0 Å². The smallest absolute Gasteiger partial charge is 0.490 e. The van der Waals surface area contributed by atoms with Gasteiger partial charge in [0.2, 0.25) is 0 Å². The molecule has 1 atom stereocenters. The van der Waals surface area contributed by atoms with Gasteiger partial charge >= 0.3 is 12.1 Å². The number of nitrogens with zero attached hydrogens (tertiary/aromatic N) is 1. The Hall–Kier alpha value is -3.38. The standard InChI is InChI=1S/C20H21FN2O3S.C2HF3O2/c1-13(23-11-19-20(25-3)18(24-2)12-27-19)14-6-7-17(16(21)9-14)26-15-5-4-8-22-10-15;3-2(4,5)1(6)7/h4-10,12-13,23H,11H2,1-3H3;(H,6,7). The molecular formula is C22H22F4N2O5S. The van der Waals surface area contributed by atoms with Crippen molar-refractivity contribution >= 4 is 17.3 Å². The molecule has 2 heterocycles. The maximum atomic E-state index is 14.4. The molecule has 7 nitrogen and oxygen atoms in total. The summed E-state index contributed by atoms with van der Waals surface area (Å²) in [6.07, 6.45) is -1.90. The number of aliphatic carboxylic acids is 1. The molecule has 0 saturated heterocycles. The average molecular weight is 502 g/mol. The highest BCUT2D eigenvalue weighted by atomic mass is 32.1. The van der Waals surface area contributed by atoms with Crippen LogP contribution in [-0.2, 0) is 11.3 Å². The lowest BCUT2D eigenvalue weighted by Gasteiger charge is -2.15. The lowest BCUT2D eigenvalue weighted by Crippen LogP contribution is -2.21.